The van der Waals surface area contributed by atoms with Crippen LogP contribution in [-0.4, -0.2) is 11.1 Å². The van der Waals surface area contributed by atoms with E-state index in [2.05, 4.69) is 29.4 Å². The Hall–Kier alpha value is -1.87. The fourth-order valence-corrected chi connectivity index (χ4v) is 2.04. The molecule has 0 unspecified atom stereocenters. The Morgan fingerprint density at radius 1 is 1.10 bits per heavy atom. The van der Waals surface area contributed by atoms with Crippen LogP contribution < -0.4 is 10.1 Å². The van der Waals surface area contributed by atoms with Crippen molar-refractivity contribution >= 4 is 0 Å². The molecule has 1 aromatic carbocycles. The highest BCUT2D eigenvalue weighted by Crippen LogP contribution is 2.19. The molecule has 0 saturated heterocycles. The molecule has 1 aromatic heterocycles. The van der Waals surface area contributed by atoms with Crippen molar-refractivity contribution < 1.29 is 4.74 Å². The van der Waals surface area contributed by atoms with Crippen LogP contribution in [0.1, 0.15) is 30.7 Å². The Morgan fingerprint density at radius 2 is 1.90 bits per heavy atom. The maximum atomic E-state index is 5.82. The average Bonchev–Trinajstić information content (AvgIpc) is 2.42. The first-order valence-electron chi connectivity index (χ1n) is 7.02. The van der Waals surface area contributed by atoms with Gasteiger partial charge < -0.3 is 10.1 Å². The molecule has 1 heterocycles. The second kappa shape index (κ2) is 7.06. The molecular weight excluding hydrogens is 248 g/mol. The predicted octanol–water partition coefficient (Wildman–Crippen LogP) is 3.47. The molecule has 3 nitrogen and oxygen atoms in total. The van der Waals surface area contributed by atoms with Gasteiger partial charge in [-0.1, -0.05) is 24.3 Å². The summed E-state index contributed by atoms with van der Waals surface area (Å²) in [4.78, 5) is 4.39. The van der Waals surface area contributed by atoms with Gasteiger partial charge in [-0.25, -0.2) is 0 Å². The van der Waals surface area contributed by atoms with E-state index in [0.29, 0.717) is 0 Å². The molecular formula is C17H22N2O. The SMILES string of the molecule is Cc1cccnc1CNCc1ccccc1OC(C)C. The number of pyridine rings is 1. The number of ether oxygens (including phenoxy) is 1. The molecule has 0 aliphatic carbocycles. The van der Waals surface area contributed by atoms with Gasteiger partial charge in [0.25, 0.3) is 0 Å². The number of rotatable bonds is 6. The van der Waals surface area contributed by atoms with Crippen molar-refractivity contribution in [1.82, 2.24) is 10.3 Å². The quantitative estimate of drug-likeness (QED) is 0.872. The van der Waals surface area contributed by atoms with Crippen molar-refractivity contribution in [2.24, 2.45) is 0 Å². The number of benzene rings is 1. The maximum absolute atomic E-state index is 5.82. The van der Waals surface area contributed by atoms with Gasteiger partial charge in [0.15, 0.2) is 0 Å². The summed E-state index contributed by atoms with van der Waals surface area (Å²) in [6.07, 6.45) is 2.02. The zero-order chi connectivity index (χ0) is 14.4. The summed E-state index contributed by atoms with van der Waals surface area (Å²) in [6.45, 7) is 7.71. The van der Waals surface area contributed by atoms with Crippen LogP contribution >= 0.6 is 0 Å². The average molecular weight is 270 g/mol. The Balaban J connectivity index is 1.96. The molecule has 0 aliphatic heterocycles. The molecule has 0 saturated carbocycles. The Morgan fingerprint density at radius 3 is 2.65 bits per heavy atom. The van der Waals surface area contributed by atoms with E-state index < -0.39 is 0 Å². The highest BCUT2D eigenvalue weighted by Gasteiger charge is 2.05. The Labute approximate surface area is 121 Å². The van der Waals surface area contributed by atoms with E-state index in [1.54, 1.807) is 0 Å². The van der Waals surface area contributed by atoms with Gasteiger partial charge >= 0.3 is 0 Å². The summed E-state index contributed by atoms with van der Waals surface area (Å²) < 4.78 is 5.82. The van der Waals surface area contributed by atoms with Crippen molar-refractivity contribution in [3.8, 4) is 5.75 Å². The van der Waals surface area contributed by atoms with Gasteiger partial charge in [0, 0.05) is 24.8 Å². The molecule has 1 N–H and O–H groups in total. The van der Waals surface area contributed by atoms with Gasteiger partial charge in [0.1, 0.15) is 5.75 Å². The van der Waals surface area contributed by atoms with Gasteiger partial charge in [0.2, 0.25) is 0 Å². The van der Waals surface area contributed by atoms with Gasteiger partial charge in [-0.3, -0.25) is 4.98 Å². The second-order valence-corrected chi connectivity index (χ2v) is 5.14. The van der Waals surface area contributed by atoms with Crippen molar-refractivity contribution in [3.05, 3.63) is 59.4 Å². The summed E-state index contributed by atoms with van der Waals surface area (Å²) in [6, 6.07) is 12.2. The number of para-hydroxylation sites is 1. The molecule has 0 amide bonds. The minimum absolute atomic E-state index is 0.189. The lowest BCUT2D eigenvalue weighted by Gasteiger charge is -2.14. The molecule has 0 atom stereocenters. The number of hydrogen-bond acceptors (Lipinski definition) is 3. The fraction of sp³-hybridized carbons (Fsp3) is 0.353. The van der Waals surface area contributed by atoms with E-state index in [-0.39, 0.29) is 6.10 Å². The number of hydrogen-bond donors (Lipinski definition) is 1. The summed E-state index contributed by atoms with van der Waals surface area (Å²) in [7, 11) is 0. The van der Waals surface area contributed by atoms with E-state index >= 15 is 0 Å². The van der Waals surface area contributed by atoms with Gasteiger partial charge in [-0.15, -0.1) is 0 Å². The van der Waals surface area contributed by atoms with Crippen LogP contribution in [0.4, 0.5) is 0 Å². The molecule has 0 fully saturated rings. The Bertz CT molecular complexity index is 552. The molecule has 0 spiro atoms. The number of nitrogens with one attached hydrogen (secondary N) is 1. The molecule has 20 heavy (non-hydrogen) atoms. The molecule has 0 bridgehead atoms. The summed E-state index contributed by atoms with van der Waals surface area (Å²) in [5, 5.41) is 3.43. The van der Waals surface area contributed by atoms with Crippen LogP contribution in [0, 0.1) is 6.92 Å². The third-order valence-electron chi connectivity index (χ3n) is 3.06. The molecule has 2 rings (SSSR count). The van der Waals surface area contributed by atoms with E-state index in [9.17, 15) is 0 Å². The fourth-order valence-electron chi connectivity index (χ4n) is 2.04. The zero-order valence-electron chi connectivity index (χ0n) is 12.4. The van der Waals surface area contributed by atoms with Crippen molar-refractivity contribution in [3.63, 3.8) is 0 Å². The van der Waals surface area contributed by atoms with Crippen LogP contribution in [0.2, 0.25) is 0 Å². The third kappa shape index (κ3) is 4.07. The first-order chi connectivity index (χ1) is 9.66. The lowest BCUT2D eigenvalue weighted by atomic mass is 10.2. The topological polar surface area (TPSA) is 34.2 Å². The highest BCUT2D eigenvalue weighted by molar-refractivity contribution is 5.33. The monoisotopic (exact) mass is 270 g/mol. The molecule has 0 aliphatic rings. The number of aromatic nitrogens is 1. The lowest BCUT2D eigenvalue weighted by Crippen LogP contribution is -2.16. The van der Waals surface area contributed by atoms with Crippen LogP contribution in [0.5, 0.6) is 5.75 Å². The maximum Gasteiger partial charge on any atom is 0.124 e. The predicted molar refractivity (Wildman–Crippen MR) is 81.7 cm³/mol. The van der Waals surface area contributed by atoms with E-state index in [4.69, 9.17) is 4.74 Å². The molecule has 0 radical (unpaired) electrons. The normalized spacial score (nSPS) is 10.8. The summed E-state index contributed by atoms with van der Waals surface area (Å²) in [5.41, 5.74) is 3.48. The van der Waals surface area contributed by atoms with Gasteiger partial charge in [0.05, 0.1) is 11.8 Å². The summed E-state index contributed by atoms with van der Waals surface area (Å²) >= 11 is 0. The van der Waals surface area contributed by atoms with Gasteiger partial charge in [-0.05, 0) is 38.5 Å². The van der Waals surface area contributed by atoms with Crippen molar-refractivity contribution in [2.45, 2.75) is 40.0 Å². The highest BCUT2D eigenvalue weighted by atomic mass is 16.5. The number of aryl methyl sites for hydroxylation is 1. The Kier molecular flexibility index (Phi) is 5.13. The standard InChI is InChI=1S/C17H22N2O/c1-13(2)20-17-9-5-4-8-15(17)11-18-12-16-14(3)7-6-10-19-16/h4-10,13,18H,11-12H2,1-3H3. The van der Waals surface area contributed by atoms with E-state index in [0.717, 1.165) is 24.5 Å². The first-order valence-corrected chi connectivity index (χ1v) is 7.02. The van der Waals surface area contributed by atoms with E-state index in [1.165, 1.54) is 11.1 Å². The molecule has 106 valence electrons. The minimum Gasteiger partial charge on any atom is -0.491 e. The third-order valence-corrected chi connectivity index (χ3v) is 3.06. The zero-order valence-corrected chi connectivity index (χ0v) is 12.4. The van der Waals surface area contributed by atoms with E-state index in [1.807, 2.05) is 44.3 Å². The largest absolute Gasteiger partial charge is 0.491 e. The minimum atomic E-state index is 0.189. The lowest BCUT2D eigenvalue weighted by molar-refractivity contribution is 0.239. The smallest absolute Gasteiger partial charge is 0.124 e. The van der Waals surface area contributed by atoms with Crippen LogP contribution in [0.25, 0.3) is 0 Å². The van der Waals surface area contributed by atoms with Crippen molar-refractivity contribution in [1.29, 1.82) is 0 Å². The first kappa shape index (κ1) is 14.5. The van der Waals surface area contributed by atoms with Gasteiger partial charge in [-0.2, -0.15) is 0 Å². The van der Waals surface area contributed by atoms with Crippen molar-refractivity contribution in [2.75, 3.05) is 0 Å². The molecule has 3 heteroatoms. The van der Waals surface area contributed by atoms with Crippen LogP contribution in [-0.2, 0) is 13.1 Å². The molecule has 2 aromatic rings. The number of nitrogens with zero attached hydrogens (tertiary/aromatic N) is 1. The summed E-state index contributed by atoms with van der Waals surface area (Å²) in [5.74, 6) is 0.952. The van der Waals surface area contributed by atoms with Crippen LogP contribution in [0.3, 0.4) is 0 Å². The van der Waals surface area contributed by atoms with Crippen LogP contribution in [0.15, 0.2) is 42.6 Å². The second-order valence-electron chi connectivity index (χ2n) is 5.14.